The Bertz CT molecular complexity index is 497. The number of aromatic nitrogens is 1. The van der Waals surface area contributed by atoms with Crippen LogP contribution < -0.4 is 0 Å². The number of rotatable bonds is 2. The second-order valence-electron chi connectivity index (χ2n) is 3.05. The van der Waals surface area contributed by atoms with Crippen LogP contribution in [0.5, 0.6) is 0 Å². The lowest BCUT2D eigenvalue weighted by Gasteiger charge is -2.11. The highest BCUT2D eigenvalue weighted by Gasteiger charge is 2.20. The van der Waals surface area contributed by atoms with E-state index in [1.807, 2.05) is 0 Å². The van der Waals surface area contributed by atoms with Crippen molar-refractivity contribution in [1.82, 2.24) is 4.98 Å². The molecule has 0 amide bonds. The topological polar surface area (TPSA) is 33.1 Å². The minimum absolute atomic E-state index is 0.436. The smallest absolute Gasteiger partial charge is 0.133 e. The van der Waals surface area contributed by atoms with E-state index in [1.165, 1.54) is 11.3 Å². The summed E-state index contributed by atoms with van der Waals surface area (Å²) in [5.41, 5.74) is 0.493. The first-order chi connectivity index (χ1) is 7.59. The first-order valence-corrected chi connectivity index (χ1v) is 6.75. The Hall–Kier alpha value is -0.130. The van der Waals surface area contributed by atoms with Gasteiger partial charge >= 0.3 is 0 Å². The predicted octanol–water partition coefficient (Wildman–Crippen LogP) is 4.29. The molecule has 0 aliphatic rings. The maximum Gasteiger partial charge on any atom is 0.133 e. The number of halogens is 3. The number of hydrogen-bond donors (Lipinski definition) is 1. The SMILES string of the molecule is OC(c1nc(Br)cs1)c1c(Cl)cccc1Cl. The molecule has 0 aliphatic carbocycles. The largest absolute Gasteiger partial charge is 0.381 e. The molecule has 1 aromatic heterocycles. The van der Waals surface area contributed by atoms with Crippen molar-refractivity contribution >= 4 is 50.5 Å². The molecule has 0 fully saturated rings. The average molecular weight is 339 g/mol. The molecule has 6 heteroatoms. The van der Waals surface area contributed by atoms with Gasteiger partial charge in [0.25, 0.3) is 0 Å². The van der Waals surface area contributed by atoms with Crippen LogP contribution in [0.4, 0.5) is 0 Å². The lowest BCUT2D eigenvalue weighted by atomic mass is 10.1. The average Bonchev–Trinajstić information content (AvgIpc) is 2.64. The lowest BCUT2D eigenvalue weighted by Crippen LogP contribution is -2.00. The van der Waals surface area contributed by atoms with Crippen LogP contribution in [0, 0.1) is 0 Å². The van der Waals surface area contributed by atoms with Gasteiger partial charge in [0.2, 0.25) is 0 Å². The normalized spacial score (nSPS) is 12.8. The molecule has 0 saturated carbocycles. The molecule has 16 heavy (non-hydrogen) atoms. The van der Waals surface area contributed by atoms with Crippen LogP contribution in [-0.4, -0.2) is 10.1 Å². The van der Waals surface area contributed by atoms with Gasteiger partial charge in [-0.05, 0) is 28.1 Å². The van der Waals surface area contributed by atoms with E-state index in [9.17, 15) is 5.11 Å². The van der Waals surface area contributed by atoms with Crippen molar-refractivity contribution in [3.63, 3.8) is 0 Å². The monoisotopic (exact) mass is 337 g/mol. The van der Waals surface area contributed by atoms with Gasteiger partial charge in [0.05, 0.1) is 0 Å². The van der Waals surface area contributed by atoms with Crippen LogP contribution in [0.1, 0.15) is 16.7 Å². The number of aliphatic hydroxyl groups is 1. The maximum atomic E-state index is 10.1. The van der Waals surface area contributed by atoms with Gasteiger partial charge in [0.1, 0.15) is 15.7 Å². The molecular weight excluding hydrogens is 333 g/mol. The molecule has 0 bridgehead atoms. The van der Waals surface area contributed by atoms with E-state index in [4.69, 9.17) is 23.2 Å². The summed E-state index contributed by atoms with van der Waals surface area (Å²) in [5.74, 6) is 0. The zero-order valence-corrected chi connectivity index (χ0v) is 11.7. The quantitative estimate of drug-likeness (QED) is 0.885. The van der Waals surface area contributed by atoms with Crippen molar-refractivity contribution in [3.05, 3.63) is 48.8 Å². The number of thiazole rings is 1. The number of aliphatic hydroxyl groups excluding tert-OH is 1. The van der Waals surface area contributed by atoms with Crippen LogP contribution >= 0.6 is 50.5 Å². The molecule has 0 radical (unpaired) electrons. The maximum absolute atomic E-state index is 10.1. The molecule has 1 heterocycles. The molecule has 2 rings (SSSR count). The van der Waals surface area contributed by atoms with Gasteiger partial charge in [0.15, 0.2) is 0 Å². The fourth-order valence-electron chi connectivity index (χ4n) is 1.29. The first-order valence-electron chi connectivity index (χ1n) is 4.32. The molecule has 0 spiro atoms. The summed E-state index contributed by atoms with van der Waals surface area (Å²) in [5, 5.41) is 13.4. The van der Waals surface area contributed by atoms with Crippen molar-refractivity contribution in [2.24, 2.45) is 0 Å². The van der Waals surface area contributed by atoms with Crippen molar-refractivity contribution in [2.75, 3.05) is 0 Å². The summed E-state index contributed by atoms with van der Waals surface area (Å²) >= 11 is 16.6. The van der Waals surface area contributed by atoms with Crippen LogP contribution in [0.2, 0.25) is 10.0 Å². The van der Waals surface area contributed by atoms with Gasteiger partial charge in [0, 0.05) is 21.0 Å². The molecule has 1 unspecified atom stereocenters. The third-order valence-corrected chi connectivity index (χ3v) is 4.27. The third-order valence-electron chi connectivity index (χ3n) is 2.00. The first kappa shape index (κ1) is 12.3. The molecule has 2 nitrogen and oxygen atoms in total. The predicted molar refractivity (Wildman–Crippen MR) is 70.3 cm³/mol. The third kappa shape index (κ3) is 2.41. The van der Waals surface area contributed by atoms with Gasteiger partial charge in [-0.1, -0.05) is 29.3 Å². The summed E-state index contributed by atoms with van der Waals surface area (Å²) in [6.45, 7) is 0. The van der Waals surface area contributed by atoms with E-state index < -0.39 is 6.10 Å². The molecule has 0 aliphatic heterocycles. The second-order valence-corrected chi connectivity index (χ2v) is 5.56. The van der Waals surface area contributed by atoms with E-state index in [0.717, 1.165) is 0 Å². The van der Waals surface area contributed by atoms with E-state index in [-0.39, 0.29) is 0 Å². The van der Waals surface area contributed by atoms with Crippen molar-refractivity contribution < 1.29 is 5.11 Å². The summed E-state index contributed by atoms with van der Waals surface area (Å²) in [4.78, 5) is 4.14. The molecular formula is C10H6BrCl2NOS. The molecule has 1 aromatic carbocycles. The summed E-state index contributed by atoms with van der Waals surface area (Å²) in [6, 6.07) is 5.11. The van der Waals surface area contributed by atoms with E-state index in [0.29, 0.717) is 25.2 Å². The number of nitrogens with zero attached hydrogens (tertiary/aromatic N) is 1. The molecule has 0 saturated heterocycles. The summed E-state index contributed by atoms with van der Waals surface area (Å²) in [7, 11) is 0. The van der Waals surface area contributed by atoms with E-state index >= 15 is 0 Å². The van der Waals surface area contributed by atoms with Gasteiger partial charge in [-0.15, -0.1) is 11.3 Å². The van der Waals surface area contributed by atoms with Gasteiger partial charge < -0.3 is 5.11 Å². The highest BCUT2D eigenvalue weighted by molar-refractivity contribution is 9.10. The van der Waals surface area contributed by atoms with E-state index in [2.05, 4.69) is 20.9 Å². The Labute approximate surface area is 115 Å². The van der Waals surface area contributed by atoms with Crippen molar-refractivity contribution in [3.8, 4) is 0 Å². The Morgan fingerprint density at radius 1 is 1.31 bits per heavy atom. The standard InChI is InChI=1S/C10H6BrCl2NOS/c11-7-4-16-10(14-7)9(15)8-5(12)2-1-3-6(8)13/h1-4,9,15H. The Morgan fingerprint density at radius 2 is 1.94 bits per heavy atom. The van der Waals surface area contributed by atoms with Crippen molar-refractivity contribution in [2.45, 2.75) is 6.10 Å². The zero-order valence-electron chi connectivity index (χ0n) is 7.82. The lowest BCUT2D eigenvalue weighted by molar-refractivity contribution is 0.220. The van der Waals surface area contributed by atoms with Gasteiger partial charge in [-0.3, -0.25) is 0 Å². The summed E-state index contributed by atoms with van der Waals surface area (Å²) < 4.78 is 0.690. The Balaban J connectivity index is 2.45. The van der Waals surface area contributed by atoms with Crippen molar-refractivity contribution in [1.29, 1.82) is 0 Å². The Kier molecular flexibility index (Phi) is 3.87. The molecule has 84 valence electrons. The summed E-state index contributed by atoms with van der Waals surface area (Å²) in [6.07, 6.45) is -0.891. The molecule has 2 aromatic rings. The minimum Gasteiger partial charge on any atom is -0.381 e. The minimum atomic E-state index is -0.891. The molecule has 1 atom stereocenters. The highest BCUT2D eigenvalue weighted by atomic mass is 79.9. The van der Waals surface area contributed by atoms with Crippen LogP contribution in [0.3, 0.4) is 0 Å². The fraction of sp³-hybridized carbons (Fsp3) is 0.100. The van der Waals surface area contributed by atoms with Gasteiger partial charge in [-0.25, -0.2) is 4.98 Å². The van der Waals surface area contributed by atoms with Crippen LogP contribution in [0.25, 0.3) is 0 Å². The van der Waals surface area contributed by atoms with Crippen LogP contribution in [-0.2, 0) is 0 Å². The molecule has 1 N–H and O–H groups in total. The van der Waals surface area contributed by atoms with Gasteiger partial charge in [-0.2, -0.15) is 0 Å². The number of hydrogen-bond acceptors (Lipinski definition) is 3. The Morgan fingerprint density at radius 3 is 2.44 bits per heavy atom. The van der Waals surface area contributed by atoms with Crippen LogP contribution in [0.15, 0.2) is 28.2 Å². The highest BCUT2D eigenvalue weighted by Crippen LogP contribution is 2.35. The second kappa shape index (κ2) is 5.02. The fourth-order valence-corrected chi connectivity index (χ4v) is 3.15. The zero-order chi connectivity index (χ0) is 11.7. The number of benzene rings is 1. The van der Waals surface area contributed by atoms with E-state index in [1.54, 1.807) is 23.6 Å².